The van der Waals surface area contributed by atoms with Crippen molar-refractivity contribution < 1.29 is 4.74 Å². The Kier molecular flexibility index (Phi) is 11.8. The number of hydrogen-bond donors (Lipinski definition) is 1. The minimum Gasteiger partial charge on any atom is -0.496 e. The molecular weight excluding hydrogens is 497 g/mol. The molecule has 0 spiro atoms. The topological polar surface area (TPSA) is 36.9 Å². The van der Waals surface area contributed by atoms with Crippen LogP contribution in [-0.4, -0.2) is 48.5 Å². The zero-order valence-corrected chi connectivity index (χ0v) is 22.6. The van der Waals surface area contributed by atoms with Gasteiger partial charge < -0.3 is 10.1 Å². The maximum atomic E-state index is 5.98. The van der Waals surface area contributed by atoms with Crippen LogP contribution < -0.4 is 10.1 Å². The molecular formula is C26H44IN3O. The number of ether oxygens (including phenoxy) is 1. The summed E-state index contributed by atoms with van der Waals surface area (Å²) in [5.41, 5.74) is 3.84. The molecule has 31 heavy (non-hydrogen) atoms. The molecule has 0 unspecified atom stereocenters. The van der Waals surface area contributed by atoms with Gasteiger partial charge in [0.1, 0.15) is 5.75 Å². The molecule has 0 atom stereocenters. The van der Waals surface area contributed by atoms with E-state index in [-0.39, 0.29) is 5.41 Å². The van der Waals surface area contributed by atoms with Gasteiger partial charge >= 0.3 is 0 Å². The van der Waals surface area contributed by atoms with E-state index < -0.39 is 0 Å². The van der Waals surface area contributed by atoms with Crippen molar-refractivity contribution in [2.45, 2.75) is 90.6 Å². The largest absolute Gasteiger partial charge is 0.496 e. The van der Waals surface area contributed by atoms with E-state index in [2.05, 4.69) is 78.8 Å². The molecule has 176 valence electrons. The van der Waals surface area contributed by atoms with Gasteiger partial charge in [-0.1, -0.05) is 82.0 Å². The molecule has 0 aromatic heterocycles. The minimum absolute atomic E-state index is 0.0855. The lowest BCUT2D eigenvalue weighted by Crippen LogP contribution is -2.35. The van der Waals surface area contributed by atoms with E-state index >= 15 is 0 Å². The van der Waals surface area contributed by atoms with Crippen molar-refractivity contribution in [3.05, 3.63) is 28.8 Å². The summed E-state index contributed by atoms with van der Waals surface area (Å²) in [7, 11) is 1.80. The van der Waals surface area contributed by atoms with Crippen LogP contribution in [0.15, 0.2) is 17.1 Å². The van der Waals surface area contributed by atoms with Gasteiger partial charge in [-0.25, -0.2) is 0 Å². The van der Waals surface area contributed by atoms with Crippen molar-refractivity contribution in [2.24, 2.45) is 4.99 Å². The second-order valence-corrected chi connectivity index (χ2v) is 10.9. The smallest absolute Gasteiger partial charge is 0.132 e. The monoisotopic (exact) mass is 541 g/mol. The maximum Gasteiger partial charge on any atom is 0.132 e. The molecule has 1 aliphatic rings. The normalized spacial score (nSPS) is 15.8. The fraction of sp³-hybridized carbons (Fsp3) is 0.731. The number of alkyl halides is 1. The average molecular weight is 542 g/mol. The third kappa shape index (κ3) is 9.01. The van der Waals surface area contributed by atoms with Crippen LogP contribution in [0.5, 0.6) is 5.75 Å². The highest BCUT2D eigenvalue weighted by atomic mass is 127. The van der Waals surface area contributed by atoms with E-state index in [0.717, 1.165) is 42.0 Å². The molecule has 0 amide bonds. The lowest BCUT2D eigenvalue weighted by molar-refractivity contribution is 0.239. The van der Waals surface area contributed by atoms with E-state index in [1.54, 1.807) is 7.11 Å². The fourth-order valence-corrected chi connectivity index (χ4v) is 4.55. The summed E-state index contributed by atoms with van der Waals surface area (Å²) < 4.78 is 7.10. The Morgan fingerprint density at radius 1 is 1.23 bits per heavy atom. The Balaban J connectivity index is 2.34. The first kappa shape index (κ1) is 26.6. The minimum atomic E-state index is 0.0855. The molecule has 0 bridgehead atoms. The Bertz CT molecular complexity index is 678. The van der Waals surface area contributed by atoms with Crippen LogP contribution in [0.4, 0.5) is 0 Å². The second kappa shape index (κ2) is 13.8. The molecule has 0 saturated heterocycles. The summed E-state index contributed by atoms with van der Waals surface area (Å²) in [4.78, 5) is 7.50. The van der Waals surface area contributed by atoms with E-state index in [0.29, 0.717) is 6.04 Å². The van der Waals surface area contributed by atoms with Gasteiger partial charge in [-0.2, -0.15) is 0 Å². The number of nitrogens with zero attached hydrogens (tertiary/aromatic N) is 2. The quantitative estimate of drug-likeness (QED) is 0.111. The van der Waals surface area contributed by atoms with Gasteiger partial charge in [0.2, 0.25) is 0 Å². The van der Waals surface area contributed by atoms with E-state index in [4.69, 9.17) is 9.73 Å². The molecule has 1 aromatic carbocycles. The predicted molar refractivity (Wildman–Crippen MR) is 143 cm³/mol. The van der Waals surface area contributed by atoms with E-state index in [1.807, 2.05) is 0 Å². The average Bonchev–Trinajstić information content (AvgIpc) is 2.75. The SMILES string of the molecule is CCCCN(CNCCI)Cc1cc(C(C)(C)C)cc(C=NC2CCCCC2)c1OC. The number of aliphatic imine (C=N–C) groups is 1. The standard InChI is InChI=1S/C26H44IN3O/c1-6-7-15-30(20-28-14-13-27)19-22-17-23(26(2,3)4)16-21(25(22)31-5)18-29-24-11-9-8-10-12-24/h16-18,24,28H,6-15,19-20H2,1-5H3. The Labute approximate surface area is 204 Å². The maximum absolute atomic E-state index is 5.98. The number of rotatable bonds is 12. The summed E-state index contributed by atoms with van der Waals surface area (Å²) in [6, 6.07) is 5.12. The van der Waals surface area contributed by atoms with Crippen LogP contribution in [0.2, 0.25) is 0 Å². The van der Waals surface area contributed by atoms with Crippen LogP contribution in [-0.2, 0) is 12.0 Å². The number of benzene rings is 1. The lowest BCUT2D eigenvalue weighted by atomic mass is 9.84. The van der Waals surface area contributed by atoms with Gasteiger partial charge in [0, 0.05) is 47.6 Å². The van der Waals surface area contributed by atoms with Crippen molar-refractivity contribution in [1.29, 1.82) is 0 Å². The number of nitrogens with one attached hydrogen (secondary N) is 1. The van der Waals surface area contributed by atoms with Gasteiger partial charge in [-0.05, 0) is 42.9 Å². The van der Waals surface area contributed by atoms with E-state index in [9.17, 15) is 0 Å². The molecule has 1 fully saturated rings. The number of methoxy groups -OCH3 is 1. The van der Waals surface area contributed by atoms with Crippen LogP contribution >= 0.6 is 22.6 Å². The predicted octanol–water partition coefficient (Wildman–Crippen LogP) is 6.33. The van der Waals surface area contributed by atoms with Gasteiger partial charge in [-0.3, -0.25) is 9.89 Å². The number of hydrogen-bond acceptors (Lipinski definition) is 4. The van der Waals surface area contributed by atoms with Crippen molar-refractivity contribution in [2.75, 3.05) is 31.3 Å². The second-order valence-electron chi connectivity index (χ2n) is 9.83. The molecule has 0 aliphatic heterocycles. The third-order valence-corrected chi connectivity index (χ3v) is 6.63. The van der Waals surface area contributed by atoms with Gasteiger partial charge in [-0.15, -0.1) is 0 Å². The van der Waals surface area contributed by atoms with Crippen LogP contribution in [0.1, 0.15) is 89.3 Å². The summed E-state index contributed by atoms with van der Waals surface area (Å²) >= 11 is 2.43. The zero-order chi connectivity index (χ0) is 22.7. The van der Waals surface area contributed by atoms with E-state index in [1.165, 1.54) is 56.1 Å². The van der Waals surface area contributed by atoms with Gasteiger partial charge in [0.05, 0.1) is 7.11 Å². The lowest BCUT2D eigenvalue weighted by Gasteiger charge is -2.27. The van der Waals surface area contributed by atoms with Crippen LogP contribution in [0.3, 0.4) is 0 Å². The zero-order valence-electron chi connectivity index (χ0n) is 20.5. The summed E-state index contributed by atoms with van der Waals surface area (Å²) in [6.45, 7) is 13.1. The molecule has 2 rings (SSSR count). The first-order valence-corrected chi connectivity index (χ1v) is 13.6. The van der Waals surface area contributed by atoms with Gasteiger partial charge in [0.25, 0.3) is 0 Å². The molecule has 0 heterocycles. The molecule has 1 aliphatic carbocycles. The Morgan fingerprint density at radius 3 is 2.58 bits per heavy atom. The Morgan fingerprint density at radius 2 is 1.97 bits per heavy atom. The first-order valence-electron chi connectivity index (χ1n) is 12.1. The van der Waals surface area contributed by atoms with Crippen LogP contribution in [0.25, 0.3) is 0 Å². The summed E-state index contributed by atoms with van der Waals surface area (Å²) in [5, 5.41) is 3.58. The highest BCUT2D eigenvalue weighted by Gasteiger charge is 2.21. The highest BCUT2D eigenvalue weighted by molar-refractivity contribution is 14.1. The number of halogens is 1. The third-order valence-electron chi connectivity index (χ3n) is 6.09. The van der Waals surface area contributed by atoms with Gasteiger partial charge in [0.15, 0.2) is 0 Å². The van der Waals surface area contributed by atoms with Crippen molar-refractivity contribution >= 4 is 28.8 Å². The number of unbranched alkanes of at least 4 members (excludes halogenated alkanes) is 1. The molecule has 1 saturated carbocycles. The molecule has 1 aromatic rings. The molecule has 1 N–H and O–H groups in total. The summed E-state index contributed by atoms with van der Waals surface area (Å²) in [6.07, 6.45) is 10.9. The fourth-order valence-electron chi connectivity index (χ4n) is 4.17. The van der Waals surface area contributed by atoms with Crippen LogP contribution in [0, 0.1) is 0 Å². The molecule has 4 nitrogen and oxygen atoms in total. The molecule has 5 heteroatoms. The van der Waals surface area contributed by atoms with Crippen molar-refractivity contribution in [3.8, 4) is 5.75 Å². The van der Waals surface area contributed by atoms with Crippen molar-refractivity contribution in [3.63, 3.8) is 0 Å². The Hall–Kier alpha value is -0.660. The molecule has 0 radical (unpaired) electrons. The summed E-state index contributed by atoms with van der Waals surface area (Å²) in [5.74, 6) is 0.989. The highest BCUT2D eigenvalue weighted by Crippen LogP contribution is 2.32. The first-order chi connectivity index (χ1) is 14.9. The van der Waals surface area contributed by atoms with Crippen molar-refractivity contribution in [1.82, 2.24) is 10.2 Å².